The number of amides is 1. The first-order chi connectivity index (χ1) is 10.8. The van der Waals surface area contributed by atoms with E-state index in [0.717, 1.165) is 24.1 Å². The third kappa shape index (κ3) is 3.81. The molecule has 0 radical (unpaired) electrons. The number of anilines is 1. The van der Waals surface area contributed by atoms with Gasteiger partial charge >= 0.3 is 0 Å². The molecule has 5 heteroatoms. The number of nitrogens with zero attached hydrogens (tertiary/aromatic N) is 2. The van der Waals surface area contributed by atoms with Crippen molar-refractivity contribution < 1.29 is 4.79 Å². The summed E-state index contributed by atoms with van der Waals surface area (Å²) in [5, 5.41) is 6.31. The summed E-state index contributed by atoms with van der Waals surface area (Å²) in [7, 11) is 0. The van der Waals surface area contributed by atoms with E-state index in [1.807, 2.05) is 24.4 Å². The number of carbonyl (C=O) groups is 1. The van der Waals surface area contributed by atoms with Crippen molar-refractivity contribution in [3.63, 3.8) is 0 Å². The lowest BCUT2D eigenvalue weighted by molar-refractivity contribution is 0.0933. The van der Waals surface area contributed by atoms with Crippen molar-refractivity contribution in [2.45, 2.75) is 38.3 Å². The fourth-order valence-electron chi connectivity index (χ4n) is 2.67. The summed E-state index contributed by atoms with van der Waals surface area (Å²) in [4.78, 5) is 20.4. The Morgan fingerprint density at radius 3 is 2.73 bits per heavy atom. The number of hydrogen-bond acceptors (Lipinski definition) is 4. The highest BCUT2D eigenvalue weighted by molar-refractivity contribution is 5.92. The maximum Gasteiger partial charge on any atom is 0.270 e. The summed E-state index contributed by atoms with van der Waals surface area (Å²) in [5.74, 6) is -0.0780. The topological polar surface area (TPSA) is 66.9 Å². The Hall–Kier alpha value is -2.43. The summed E-state index contributed by atoms with van der Waals surface area (Å²) in [6, 6.07) is 7.88. The van der Waals surface area contributed by atoms with Crippen LogP contribution in [0.25, 0.3) is 0 Å². The van der Waals surface area contributed by atoms with E-state index in [0.29, 0.717) is 18.3 Å². The molecular formula is C17H20N4O. The Bertz CT molecular complexity index is 606. The molecule has 2 heterocycles. The Morgan fingerprint density at radius 2 is 2.05 bits per heavy atom. The van der Waals surface area contributed by atoms with E-state index >= 15 is 0 Å². The highest BCUT2D eigenvalue weighted by Crippen LogP contribution is 2.18. The lowest BCUT2D eigenvalue weighted by Crippen LogP contribution is -2.33. The van der Waals surface area contributed by atoms with Gasteiger partial charge in [0.1, 0.15) is 5.69 Å². The van der Waals surface area contributed by atoms with Gasteiger partial charge in [0.25, 0.3) is 5.91 Å². The second kappa shape index (κ2) is 7.02. The normalized spacial score (nSPS) is 14.7. The molecule has 2 aromatic rings. The zero-order valence-electron chi connectivity index (χ0n) is 12.5. The quantitative estimate of drug-likeness (QED) is 0.890. The molecule has 1 amide bonds. The average molecular weight is 296 g/mol. The van der Waals surface area contributed by atoms with Gasteiger partial charge in [0.15, 0.2) is 0 Å². The van der Waals surface area contributed by atoms with Crippen molar-refractivity contribution in [3.05, 3.63) is 54.1 Å². The monoisotopic (exact) mass is 296 g/mol. The molecule has 1 saturated carbocycles. The summed E-state index contributed by atoms with van der Waals surface area (Å²) in [5.41, 5.74) is 2.46. The number of carbonyl (C=O) groups excluding carboxylic acids is 1. The maximum absolute atomic E-state index is 12.1. The highest BCUT2D eigenvalue weighted by Gasteiger charge is 2.18. The number of nitrogens with one attached hydrogen (secondary N) is 2. The summed E-state index contributed by atoms with van der Waals surface area (Å²) in [6.45, 7) is 0.684. The fourth-order valence-corrected chi connectivity index (χ4v) is 2.67. The number of aromatic nitrogens is 2. The Labute approximate surface area is 130 Å². The van der Waals surface area contributed by atoms with E-state index in [1.165, 1.54) is 12.8 Å². The predicted molar refractivity (Wildman–Crippen MR) is 85.5 cm³/mol. The van der Waals surface area contributed by atoms with Crippen LogP contribution in [-0.4, -0.2) is 21.9 Å². The summed E-state index contributed by atoms with van der Waals surface area (Å²) < 4.78 is 0. The minimum atomic E-state index is -0.0780. The molecule has 0 aromatic carbocycles. The Balaban J connectivity index is 1.54. The van der Waals surface area contributed by atoms with E-state index in [4.69, 9.17) is 0 Å². The largest absolute Gasteiger partial charge is 0.380 e. The molecule has 1 fully saturated rings. The fraction of sp³-hybridized carbons (Fsp3) is 0.353. The van der Waals surface area contributed by atoms with Gasteiger partial charge in [-0.3, -0.25) is 9.78 Å². The van der Waals surface area contributed by atoms with Gasteiger partial charge in [-0.05, 0) is 36.6 Å². The van der Waals surface area contributed by atoms with Crippen molar-refractivity contribution in [2.24, 2.45) is 0 Å². The van der Waals surface area contributed by atoms with E-state index in [9.17, 15) is 4.79 Å². The van der Waals surface area contributed by atoms with E-state index in [2.05, 4.69) is 20.6 Å². The van der Waals surface area contributed by atoms with Gasteiger partial charge in [0.2, 0.25) is 0 Å². The average Bonchev–Trinajstić information content (AvgIpc) is 3.07. The molecule has 0 saturated heterocycles. The van der Waals surface area contributed by atoms with Crippen LogP contribution in [0.3, 0.4) is 0 Å². The summed E-state index contributed by atoms with van der Waals surface area (Å²) >= 11 is 0. The Kier molecular flexibility index (Phi) is 4.63. The number of pyridine rings is 2. The first-order valence-electron chi connectivity index (χ1n) is 7.71. The lowest BCUT2D eigenvalue weighted by Gasteiger charge is -2.11. The molecule has 1 aliphatic rings. The maximum atomic E-state index is 12.1. The lowest BCUT2D eigenvalue weighted by atomic mass is 10.2. The van der Waals surface area contributed by atoms with Crippen molar-refractivity contribution in [1.29, 1.82) is 0 Å². The molecule has 1 aliphatic carbocycles. The van der Waals surface area contributed by atoms with Crippen LogP contribution in [0.5, 0.6) is 0 Å². The third-order valence-electron chi connectivity index (χ3n) is 3.91. The Morgan fingerprint density at radius 1 is 1.18 bits per heavy atom. The molecule has 22 heavy (non-hydrogen) atoms. The van der Waals surface area contributed by atoms with Gasteiger partial charge in [-0.1, -0.05) is 18.9 Å². The predicted octanol–water partition coefficient (Wildman–Crippen LogP) is 2.76. The van der Waals surface area contributed by atoms with Crippen LogP contribution in [0.2, 0.25) is 0 Å². The zero-order chi connectivity index (χ0) is 15.2. The van der Waals surface area contributed by atoms with Crippen LogP contribution >= 0.6 is 0 Å². The van der Waals surface area contributed by atoms with E-state index < -0.39 is 0 Å². The molecule has 0 spiro atoms. The van der Waals surface area contributed by atoms with Crippen molar-refractivity contribution in [2.75, 3.05) is 5.32 Å². The van der Waals surface area contributed by atoms with Gasteiger partial charge in [0, 0.05) is 25.0 Å². The molecule has 0 aliphatic heterocycles. The van der Waals surface area contributed by atoms with Crippen molar-refractivity contribution >= 4 is 11.6 Å². The smallest absolute Gasteiger partial charge is 0.270 e. The molecule has 3 rings (SSSR count). The SMILES string of the molecule is O=C(NC1CCCC1)c1ccc(NCc2cccnc2)cn1. The molecule has 0 bridgehead atoms. The van der Waals surface area contributed by atoms with Crippen molar-refractivity contribution in [3.8, 4) is 0 Å². The minimum Gasteiger partial charge on any atom is -0.380 e. The van der Waals surface area contributed by atoms with Gasteiger partial charge in [-0.25, -0.2) is 4.98 Å². The van der Waals surface area contributed by atoms with Crippen LogP contribution in [0.4, 0.5) is 5.69 Å². The minimum absolute atomic E-state index is 0.0780. The highest BCUT2D eigenvalue weighted by atomic mass is 16.1. The van der Waals surface area contributed by atoms with Crippen molar-refractivity contribution in [1.82, 2.24) is 15.3 Å². The first kappa shape index (κ1) is 14.5. The number of hydrogen-bond donors (Lipinski definition) is 2. The van der Waals surface area contributed by atoms with Crippen LogP contribution < -0.4 is 10.6 Å². The second-order valence-corrected chi connectivity index (χ2v) is 5.60. The molecule has 2 aromatic heterocycles. The zero-order valence-corrected chi connectivity index (χ0v) is 12.5. The van der Waals surface area contributed by atoms with Crippen LogP contribution in [-0.2, 0) is 6.54 Å². The summed E-state index contributed by atoms with van der Waals surface area (Å²) in [6.07, 6.45) is 9.84. The molecular weight excluding hydrogens is 276 g/mol. The first-order valence-corrected chi connectivity index (χ1v) is 7.71. The number of rotatable bonds is 5. The van der Waals surface area contributed by atoms with E-state index in [1.54, 1.807) is 18.5 Å². The molecule has 0 unspecified atom stereocenters. The van der Waals surface area contributed by atoms with Gasteiger partial charge in [-0.15, -0.1) is 0 Å². The van der Waals surface area contributed by atoms with Gasteiger partial charge in [-0.2, -0.15) is 0 Å². The van der Waals surface area contributed by atoms with Crippen LogP contribution in [0, 0.1) is 0 Å². The molecule has 114 valence electrons. The molecule has 5 nitrogen and oxygen atoms in total. The molecule has 0 atom stereocenters. The third-order valence-corrected chi connectivity index (χ3v) is 3.91. The molecule has 2 N–H and O–H groups in total. The second-order valence-electron chi connectivity index (χ2n) is 5.60. The van der Waals surface area contributed by atoms with Crippen LogP contribution in [0.1, 0.15) is 41.7 Å². The standard InChI is InChI=1S/C17H20N4O/c22-17(21-14-5-1-2-6-14)16-8-7-15(12-20-16)19-11-13-4-3-9-18-10-13/h3-4,7-10,12,14,19H,1-2,5-6,11H2,(H,21,22). The van der Waals surface area contributed by atoms with Gasteiger partial charge < -0.3 is 10.6 Å². The van der Waals surface area contributed by atoms with E-state index in [-0.39, 0.29) is 5.91 Å². The van der Waals surface area contributed by atoms with Gasteiger partial charge in [0.05, 0.1) is 11.9 Å². The van der Waals surface area contributed by atoms with Crippen LogP contribution in [0.15, 0.2) is 42.9 Å².